The van der Waals surface area contributed by atoms with Crippen molar-refractivity contribution in [3.8, 4) is 17.9 Å². The van der Waals surface area contributed by atoms with Crippen LogP contribution in [-0.4, -0.2) is 5.97 Å². The Morgan fingerprint density at radius 2 is 1.59 bits per heavy atom. The van der Waals surface area contributed by atoms with Gasteiger partial charge in [0.05, 0.1) is 29.2 Å². The lowest BCUT2D eigenvalue weighted by atomic mass is 10.0. The second-order valence-corrected chi connectivity index (χ2v) is 6.16. The Hall–Kier alpha value is -4.35. The number of hydrogen-bond donors (Lipinski definition) is 0. The zero-order valence-electron chi connectivity index (χ0n) is 15.3. The van der Waals surface area contributed by atoms with Gasteiger partial charge in [-0.05, 0) is 41.0 Å². The van der Waals surface area contributed by atoms with Crippen LogP contribution in [0.15, 0.2) is 72.8 Å². The molecule has 0 aliphatic rings. The first-order valence-corrected chi connectivity index (χ1v) is 8.75. The Labute approximate surface area is 168 Å². The molecule has 0 amide bonds. The highest BCUT2D eigenvalue weighted by atomic mass is 16.5. The molecule has 0 spiro atoms. The summed E-state index contributed by atoms with van der Waals surface area (Å²) in [6.45, 7) is 0.285. The largest absolute Gasteiger partial charge is 0.545 e. The summed E-state index contributed by atoms with van der Waals surface area (Å²) in [6, 6.07) is 24.7. The molecule has 0 aliphatic carbocycles. The molecular weight excluding hydrogens is 364 g/mol. The summed E-state index contributed by atoms with van der Waals surface area (Å²) in [7, 11) is 0. The normalized spacial score (nSPS) is 10.6. The number of rotatable bonds is 6. The molecule has 0 saturated carbocycles. The van der Waals surface area contributed by atoms with Crippen LogP contribution >= 0.6 is 0 Å². The molecule has 3 aromatic rings. The lowest BCUT2D eigenvalue weighted by molar-refractivity contribution is -0.255. The molecule has 3 aromatic carbocycles. The Balaban J connectivity index is 1.72. The van der Waals surface area contributed by atoms with Crippen molar-refractivity contribution in [3.63, 3.8) is 0 Å². The summed E-state index contributed by atoms with van der Waals surface area (Å²) in [6.07, 6.45) is 1.71. The van der Waals surface area contributed by atoms with Gasteiger partial charge in [-0.3, -0.25) is 0 Å². The summed E-state index contributed by atoms with van der Waals surface area (Å²) in [4.78, 5) is 10.8. The van der Waals surface area contributed by atoms with Crippen molar-refractivity contribution in [1.29, 1.82) is 10.5 Å². The maximum atomic E-state index is 10.8. The van der Waals surface area contributed by atoms with Crippen molar-refractivity contribution in [2.24, 2.45) is 0 Å². The molecule has 0 N–H and O–H groups in total. The second-order valence-electron chi connectivity index (χ2n) is 6.16. The van der Waals surface area contributed by atoms with E-state index in [9.17, 15) is 15.2 Å². The van der Waals surface area contributed by atoms with Crippen molar-refractivity contribution < 1.29 is 14.6 Å². The fourth-order valence-electron chi connectivity index (χ4n) is 2.71. The number of hydrogen-bond acceptors (Lipinski definition) is 5. The zero-order chi connectivity index (χ0) is 20.6. The summed E-state index contributed by atoms with van der Waals surface area (Å²) >= 11 is 0. The Morgan fingerprint density at radius 1 is 0.931 bits per heavy atom. The van der Waals surface area contributed by atoms with Crippen molar-refractivity contribution in [3.05, 3.63) is 101 Å². The number of carbonyl (C=O) groups is 1. The summed E-state index contributed by atoms with van der Waals surface area (Å²) in [5.74, 6) is -0.612. The van der Waals surface area contributed by atoms with Gasteiger partial charge in [-0.15, -0.1) is 0 Å². The van der Waals surface area contributed by atoms with E-state index in [4.69, 9.17) is 10.00 Å². The van der Waals surface area contributed by atoms with E-state index < -0.39 is 5.97 Å². The third-order valence-electron chi connectivity index (χ3n) is 4.28. The monoisotopic (exact) mass is 379 g/mol. The topological polar surface area (TPSA) is 96.9 Å². The predicted molar refractivity (Wildman–Crippen MR) is 106 cm³/mol. The van der Waals surface area contributed by atoms with Gasteiger partial charge >= 0.3 is 0 Å². The molecule has 0 atom stereocenters. The number of nitriles is 2. The van der Waals surface area contributed by atoms with Crippen molar-refractivity contribution in [1.82, 2.24) is 0 Å². The molecule has 0 fully saturated rings. The molecular formula is C24H15N2O3-. The lowest BCUT2D eigenvalue weighted by Gasteiger charge is -2.08. The number of nitrogens with zero attached hydrogens (tertiary/aromatic N) is 2. The van der Waals surface area contributed by atoms with Crippen LogP contribution < -0.4 is 9.84 Å². The minimum absolute atomic E-state index is 0.0607. The molecule has 5 heteroatoms. The number of carboxylic acid groups (broad SMARTS) is 1. The van der Waals surface area contributed by atoms with Gasteiger partial charge in [0.1, 0.15) is 12.4 Å². The molecule has 0 saturated heterocycles. The van der Waals surface area contributed by atoms with Gasteiger partial charge in [0.15, 0.2) is 0 Å². The quantitative estimate of drug-likeness (QED) is 0.482. The Morgan fingerprint density at radius 3 is 2.21 bits per heavy atom. The first-order chi connectivity index (χ1) is 14.1. The van der Waals surface area contributed by atoms with Crippen LogP contribution in [0.3, 0.4) is 0 Å². The molecule has 29 heavy (non-hydrogen) atoms. The molecule has 0 bridgehead atoms. The van der Waals surface area contributed by atoms with Gasteiger partial charge in [0, 0.05) is 5.56 Å². The van der Waals surface area contributed by atoms with E-state index in [0.717, 1.165) is 11.1 Å². The van der Waals surface area contributed by atoms with Crippen LogP contribution in [0.4, 0.5) is 0 Å². The Bertz CT molecular complexity index is 1130. The number of ether oxygens (including phenoxy) is 1. The smallest absolute Gasteiger partial charge is 0.119 e. The summed E-state index contributed by atoms with van der Waals surface area (Å²) in [5, 5.41) is 29.4. The molecule has 140 valence electrons. The first kappa shape index (κ1) is 19.4. The van der Waals surface area contributed by atoms with Gasteiger partial charge in [-0.1, -0.05) is 54.6 Å². The van der Waals surface area contributed by atoms with Gasteiger partial charge in [0.2, 0.25) is 0 Å². The van der Waals surface area contributed by atoms with Crippen LogP contribution in [-0.2, 0) is 6.61 Å². The van der Waals surface area contributed by atoms with Crippen LogP contribution in [0.5, 0.6) is 5.75 Å². The highest BCUT2D eigenvalue weighted by molar-refractivity contribution is 5.91. The van der Waals surface area contributed by atoms with E-state index in [1.54, 1.807) is 36.4 Å². The molecule has 0 unspecified atom stereocenters. The highest BCUT2D eigenvalue weighted by Crippen LogP contribution is 2.21. The zero-order valence-corrected chi connectivity index (χ0v) is 15.3. The number of benzene rings is 3. The number of aromatic carboxylic acids is 1. The third-order valence-corrected chi connectivity index (χ3v) is 4.28. The number of carboxylic acids is 1. The molecule has 5 nitrogen and oxygen atoms in total. The maximum absolute atomic E-state index is 10.8. The molecule has 0 aromatic heterocycles. The van der Waals surface area contributed by atoms with Crippen LogP contribution in [0.25, 0.3) is 11.6 Å². The molecule has 3 rings (SSSR count). The van der Waals surface area contributed by atoms with Gasteiger partial charge < -0.3 is 14.6 Å². The maximum Gasteiger partial charge on any atom is 0.119 e. The van der Waals surface area contributed by atoms with E-state index in [-0.39, 0.29) is 12.2 Å². The minimum atomic E-state index is -1.26. The van der Waals surface area contributed by atoms with E-state index in [0.29, 0.717) is 22.4 Å². The lowest BCUT2D eigenvalue weighted by Crippen LogP contribution is -2.21. The second kappa shape index (κ2) is 9.03. The third kappa shape index (κ3) is 4.88. The van der Waals surface area contributed by atoms with E-state index in [1.165, 1.54) is 12.1 Å². The van der Waals surface area contributed by atoms with Gasteiger partial charge in [0.25, 0.3) is 0 Å². The SMILES string of the molecule is N#C/C(=C\c1ccc(OCc2ccccc2C#N)cc1)c1ccc(C(=O)[O-])cc1. The van der Waals surface area contributed by atoms with E-state index in [1.807, 2.05) is 30.3 Å². The standard InChI is InChI=1S/C24H16N2O3/c25-14-20-3-1-2-4-21(20)16-29-23-11-5-17(6-12-23)13-22(15-26)18-7-9-19(10-8-18)24(27)28/h1-13H,16H2,(H,27,28)/p-1/b22-13+. The summed E-state index contributed by atoms with van der Waals surface area (Å²) < 4.78 is 5.74. The minimum Gasteiger partial charge on any atom is -0.545 e. The van der Waals surface area contributed by atoms with E-state index >= 15 is 0 Å². The van der Waals surface area contributed by atoms with Crippen molar-refractivity contribution in [2.75, 3.05) is 0 Å². The Kier molecular flexibility index (Phi) is 6.05. The van der Waals surface area contributed by atoms with Crippen LogP contribution in [0, 0.1) is 22.7 Å². The molecule has 0 aliphatic heterocycles. The number of allylic oxidation sites excluding steroid dienone is 1. The average molecular weight is 379 g/mol. The van der Waals surface area contributed by atoms with E-state index in [2.05, 4.69) is 12.1 Å². The number of carbonyl (C=O) groups excluding carboxylic acids is 1. The fraction of sp³-hybridized carbons (Fsp3) is 0.0417. The highest BCUT2D eigenvalue weighted by Gasteiger charge is 2.04. The van der Waals surface area contributed by atoms with Crippen molar-refractivity contribution in [2.45, 2.75) is 6.61 Å². The van der Waals surface area contributed by atoms with Crippen LogP contribution in [0.2, 0.25) is 0 Å². The predicted octanol–water partition coefficient (Wildman–Crippen LogP) is 3.56. The summed E-state index contributed by atoms with van der Waals surface area (Å²) in [5.41, 5.74) is 3.28. The molecule has 0 heterocycles. The average Bonchev–Trinajstić information content (AvgIpc) is 2.77. The fourth-order valence-corrected chi connectivity index (χ4v) is 2.71. The van der Waals surface area contributed by atoms with Crippen molar-refractivity contribution >= 4 is 17.6 Å². The molecule has 0 radical (unpaired) electrons. The van der Waals surface area contributed by atoms with Gasteiger partial charge in [-0.2, -0.15) is 10.5 Å². The van der Waals surface area contributed by atoms with Gasteiger partial charge in [-0.25, -0.2) is 0 Å². The van der Waals surface area contributed by atoms with Crippen LogP contribution in [0.1, 0.15) is 32.6 Å². The first-order valence-electron chi connectivity index (χ1n) is 8.75.